The zero-order valence-electron chi connectivity index (χ0n) is 20.9. The number of ether oxygens (including phenoxy) is 2. The molecule has 0 spiro atoms. The van der Waals surface area contributed by atoms with Gasteiger partial charge >= 0.3 is 11.4 Å². The van der Waals surface area contributed by atoms with Gasteiger partial charge in [-0.15, -0.1) is 0 Å². The number of aromatic amines is 1. The van der Waals surface area contributed by atoms with Crippen molar-refractivity contribution in [1.29, 1.82) is 0 Å². The molecule has 0 atom stereocenters. The normalized spacial score (nSPS) is 11.3. The molecule has 2 aromatic heterocycles. The van der Waals surface area contributed by atoms with Gasteiger partial charge in [-0.25, -0.2) is 19.1 Å². The van der Waals surface area contributed by atoms with E-state index in [0.717, 1.165) is 10.1 Å². The van der Waals surface area contributed by atoms with Crippen LogP contribution >= 0.6 is 11.6 Å². The number of nitrogens with one attached hydrogen (secondary N) is 2. The molecule has 4 aromatic rings. The number of hydrogen-bond donors (Lipinski definition) is 2. The van der Waals surface area contributed by atoms with Crippen molar-refractivity contribution in [2.75, 3.05) is 14.2 Å². The van der Waals surface area contributed by atoms with Crippen molar-refractivity contribution >= 4 is 23.2 Å². The van der Waals surface area contributed by atoms with Crippen LogP contribution in [0.25, 0.3) is 0 Å². The van der Waals surface area contributed by atoms with E-state index in [-0.39, 0.29) is 30.3 Å². The fourth-order valence-corrected chi connectivity index (χ4v) is 3.75. The van der Waals surface area contributed by atoms with E-state index in [4.69, 9.17) is 21.1 Å². The van der Waals surface area contributed by atoms with Crippen LogP contribution in [0.2, 0.25) is 5.02 Å². The molecule has 1 amide bonds. The number of methoxy groups -OCH3 is 1. The van der Waals surface area contributed by atoms with Crippen LogP contribution in [0.15, 0.2) is 75.4 Å². The summed E-state index contributed by atoms with van der Waals surface area (Å²) in [5, 5.41) is 3.08. The summed E-state index contributed by atoms with van der Waals surface area (Å²) in [6.45, 7) is 2.08. The van der Waals surface area contributed by atoms with Crippen LogP contribution in [-0.2, 0) is 13.1 Å². The molecule has 0 fully saturated rings. The Morgan fingerprint density at radius 1 is 1.08 bits per heavy atom. The van der Waals surface area contributed by atoms with Crippen molar-refractivity contribution in [3.05, 3.63) is 104 Å². The minimum absolute atomic E-state index is 0.0692. The van der Waals surface area contributed by atoms with Crippen LogP contribution in [-0.4, -0.2) is 39.2 Å². The first-order chi connectivity index (χ1) is 18.3. The third-order valence-corrected chi connectivity index (χ3v) is 5.80. The molecule has 196 valence electrons. The Balaban J connectivity index is 1.74. The van der Waals surface area contributed by atoms with Crippen LogP contribution < -0.4 is 31.8 Å². The van der Waals surface area contributed by atoms with Gasteiger partial charge in [-0.1, -0.05) is 23.7 Å². The highest BCUT2D eigenvalue weighted by molar-refractivity contribution is 6.30. The molecule has 0 aliphatic heterocycles. The Morgan fingerprint density at radius 2 is 1.84 bits per heavy atom. The molecule has 0 unspecified atom stereocenters. The lowest BCUT2D eigenvalue weighted by Crippen LogP contribution is -2.49. The van der Waals surface area contributed by atoms with Crippen molar-refractivity contribution in [3.63, 3.8) is 0 Å². The molecule has 0 aliphatic rings. The predicted octanol–water partition coefficient (Wildman–Crippen LogP) is 2.85. The number of halogens is 1. The van der Waals surface area contributed by atoms with Gasteiger partial charge in [0, 0.05) is 36.9 Å². The van der Waals surface area contributed by atoms with Crippen LogP contribution in [0.3, 0.4) is 0 Å². The van der Waals surface area contributed by atoms with E-state index < -0.39 is 11.4 Å². The third kappa shape index (κ3) is 5.84. The van der Waals surface area contributed by atoms with Gasteiger partial charge in [0.2, 0.25) is 5.62 Å². The number of amides is 1. The summed E-state index contributed by atoms with van der Waals surface area (Å²) in [7, 11) is 2.99. The lowest BCUT2D eigenvalue weighted by Gasteiger charge is -2.12. The molecular weight excluding hydrogens is 512 g/mol. The average Bonchev–Trinajstić information content (AvgIpc) is 2.92. The molecule has 11 nitrogen and oxygen atoms in total. The van der Waals surface area contributed by atoms with Gasteiger partial charge in [0.1, 0.15) is 11.4 Å². The van der Waals surface area contributed by atoms with Gasteiger partial charge in [-0.2, -0.15) is 0 Å². The largest absolute Gasteiger partial charge is 0.493 e. The van der Waals surface area contributed by atoms with E-state index in [1.54, 1.807) is 55.5 Å². The highest BCUT2D eigenvalue weighted by atomic mass is 35.5. The quantitative estimate of drug-likeness (QED) is 0.356. The number of rotatable bonds is 8. The summed E-state index contributed by atoms with van der Waals surface area (Å²) in [4.78, 5) is 48.8. The molecule has 38 heavy (non-hydrogen) atoms. The van der Waals surface area contributed by atoms with E-state index in [1.165, 1.54) is 31.0 Å². The molecule has 0 bridgehead atoms. The maximum absolute atomic E-state index is 13.1. The molecule has 2 aromatic carbocycles. The van der Waals surface area contributed by atoms with E-state index in [9.17, 15) is 14.4 Å². The van der Waals surface area contributed by atoms with Crippen LogP contribution in [0.5, 0.6) is 17.2 Å². The lowest BCUT2D eigenvalue weighted by atomic mass is 10.2. The monoisotopic (exact) mass is 536 g/mol. The van der Waals surface area contributed by atoms with Crippen LogP contribution in [0.1, 0.15) is 23.0 Å². The van der Waals surface area contributed by atoms with Gasteiger partial charge in [0.05, 0.1) is 19.3 Å². The number of H-pyrrole nitrogens is 1. The first-order valence-corrected chi connectivity index (χ1v) is 12.0. The van der Waals surface area contributed by atoms with E-state index in [0.29, 0.717) is 28.0 Å². The highest BCUT2D eigenvalue weighted by Gasteiger charge is 2.12. The molecule has 2 heterocycles. The predicted molar refractivity (Wildman–Crippen MR) is 141 cm³/mol. The number of carbonyl (C=O) groups is 1. The Morgan fingerprint density at radius 3 is 2.53 bits per heavy atom. The summed E-state index contributed by atoms with van der Waals surface area (Å²) in [5.74, 6) is 0.750. The first-order valence-electron chi connectivity index (χ1n) is 11.6. The highest BCUT2D eigenvalue weighted by Crippen LogP contribution is 2.34. The number of pyridine rings is 1. The van der Waals surface area contributed by atoms with E-state index in [2.05, 4.69) is 20.3 Å². The minimum atomic E-state index is -0.569. The van der Waals surface area contributed by atoms with Crippen molar-refractivity contribution in [3.8, 4) is 17.2 Å². The maximum Gasteiger partial charge on any atom is 0.335 e. The summed E-state index contributed by atoms with van der Waals surface area (Å²) < 4.78 is 13.9. The third-order valence-electron chi connectivity index (χ3n) is 5.55. The van der Waals surface area contributed by atoms with Crippen molar-refractivity contribution in [2.45, 2.75) is 20.0 Å². The molecular formula is C26H25ClN6O5. The van der Waals surface area contributed by atoms with Crippen molar-refractivity contribution in [1.82, 2.24) is 24.4 Å². The molecule has 0 saturated carbocycles. The Kier molecular flexibility index (Phi) is 8.07. The van der Waals surface area contributed by atoms with Gasteiger partial charge in [-0.05, 0) is 42.8 Å². The van der Waals surface area contributed by atoms with Gasteiger partial charge in [0.15, 0.2) is 11.5 Å². The summed E-state index contributed by atoms with van der Waals surface area (Å²) in [6.07, 6.45) is 1.46. The number of carbonyl (C=O) groups excluding carboxylic acids is 1. The second-order valence-electron chi connectivity index (χ2n) is 8.00. The Bertz CT molecular complexity index is 1660. The van der Waals surface area contributed by atoms with Crippen molar-refractivity contribution < 1.29 is 14.3 Å². The van der Waals surface area contributed by atoms with Gasteiger partial charge in [0.25, 0.3) is 5.91 Å². The number of aromatic nitrogens is 4. The van der Waals surface area contributed by atoms with Crippen LogP contribution in [0, 0.1) is 0 Å². The molecule has 12 heteroatoms. The zero-order chi connectivity index (χ0) is 27.2. The molecule has 0 radical (unpaired) electrons. The van der Waals surface area contributed by atoms with Gasteiger partial charge < -0.3 is 14.8 Å². The second kappa shape index (κ2) is 11.6. The Labute approximate surface area is 222 Å². The minimum Gasteiger partial charge on any atom is -0.493 e. The summed E-state index contributed by atoms with van der Waals surface area (Å²) in [6, 6.07) is 15.0. The van der Waals surface area contributed by atoms with E-state index in [1.807, 2.05) is 0 Å². The topological polar surface area (TPSA) is 133 Å². The van der Waals surface area contributed by atoms with Crippen LogP contribution in [0.4, 0.5) is 5.69 Å². The number of benzene rings is 2. The zero-order valence-corrected chi connectivity index (χ0v) is 21.7. The smallest absolute Gasteiger partial charge is 0.335 e. The molecule has 0 aliphatic carbocycles. The fraction of sp³-hybridized carbons (Fsp3) is 0.192. The standard InChI is InChI=1S/C26H25ClN6O5/c1-4-32-25(35)31-24(33(26(32)36)15-16-5-7-17(27)8-6-16)30-18-9-10-21(22(13-18)37-3)38-19-11-12-29-20(14-19)23(34)28-2/h5-14H,4,15H2,1-3H3,(H,28,34)(H,30,31,35). The molecule has 4 rings (SSSR count). The molecule has 0 saturated heterocycles. The average molecular weight is 537 g/mol. The first kappa shape index (κ1) is 26.4. The van der Waals surface area contributed by atoms with Gasteiger partial charge in [-0.3, -0.25) is 19.3 Å². The maximum atomic E-state index is 13.1. The molecule has 2 N–H and O–H groups in total. The second-order valence-corrected chi connectivity index (χ2v) is 8.43. The Hall–Kier alpha value is -4.64. The lowest BCUT2D eigenvalue weighted by molar-refractivity contribution is 0.0958. The summed E-state index contributed by atoms with van der Waals surface area (Å²) >= 11 is 5.99. The SMILES string of the molecule is CCn1c(=O)[nH]/c(=N\c2ccc(Oc3ccnc(C(=O)NC)c3)c(OC)c2)n(Cc2ccc(Cl)cc2)c1=O. The fourth-order valence-electron chi connectivity index (χ4n) is 3.62. The summed E-state index contributed by atoms with van der Waals surface area (Å²) in [5.41, 5.74) is 0.412. The van der Waals surface area contributed by atoms with E-state index >= 15 is 0 Å². The number of nitrogens with zero attached hydrogens (tertiary/aromatic N) is 4. The van der Waals surface area contributed by atoms with Crippen molar-refractivity contribution in [2.24, 2.45) is 4.99 Å². The number of hydrogen-bond acceptors (Lipinski definition) is 7.